The predicted octanol–water partition coefficient (Wildman–Crippen LogP) is 4.38. The van der Waals surface area contributed by atoms with E-state index in [9.17, 15) is 17.4 Å². The second-order valence-corrected chi connectivity index (χ2v) is 8.29. The van der Waals surface area contributed by atoms with Gasteiger partial charge in [-0.25, -0.2) is 13.2 Å². The molecule has 0 spiro atoms. The van der Waals surface area contributed by atoms with Crippen molar-refractivity contribution in [1.29, 1.82) is 0 Å². The molecule has 0 saturated heterocycles. The van der Waals surface area contributed by atoms with Crippen LogP contribution in [0.4, 0.5) is 13.2 Å². The summed E-state index contributed by atoms with van der Waals surface area (Å²) in [6.07, 6.45) is -0.499. The summed E-state index contributed by atoms with van der Waals surface area (Å²) in [5.74, 6) is 0.767. The van der Waals surface area contributed by atoms with Crippen LogP contribution in [-0.2, 0) is 21.9 Å². The van der Waals surface area contributed by atoms with Crippen molar-refractivity contribution in [3.8, 4) is 17.3 Å². The molecule has 0 aliphatic rings. The van der Waals surface area contributed by atoms with E-state index in [2.05, 4.69) is 9.97 Å². The van der Waals surface area contributed by atoms with Gasteiger partial charge in [0, 0.05) is 47.6 Å². The number of aromatic nitrogens is 3. The predicted molar refractivity (Wildman–Crippen MR) is 119 cm³/mol. The molecule has 0 aliphatic heterocycles. The summed E-state index contributed by atoms with van der Waals surface area (Å²) in [5, 5.41) is 0. The third-order valence-electron chi connectivity index (χ3n) is 4.88. The summed E-state index contributed by atoms with van der Waals surface area (Å²) in [6, 6.07) is 4.87. The van der Waals surface area contributed by atoms with Crippen LogP contribution in [0.15, 0.2) is 30.5 Å². The molecule has 32 heavy (non-hydrogen) atoms. The van der Waals surface area contributed by atoms with Crippen molar-refractivity contribution >= 4 is 51.6 Å². The Morgan fingerprint density at radius 3 is 2.56 bits per heavy atom. The van der Waals surface area contributed by atoms with Crippen LogP contribution in [0.25, 0.3) is 22.6 Å². The molecule has 3 rings (SSSR count). The number of hydrogen-bond donors (Lipinski definition) is 0. The van der Waals surface area contributed by atoms with Crippen molar-refractivity contribution in [2.24, 2.45) is 0 Å². The Kier molecular flexibility index (Phi) is 9.30. The minimum atomic E-state index is -4.50. The number of nitrogens with zero attached hydrogens (tertiary/aromatic N) is 3. The molecule has 0 N–H and O–H groups in total. The second-order valence-electron chi connectivity index (χ2n) is 7.08. The number of alkyl halides is 3. The van der Waals surface area contributed by atoms with Crippen LogP contribution in [-0.4, -0.2) is 73.3 Å². The third-order valence-corrected chi connectivity index (χ3v) is 5.77. The van der Waals surface area contributed by atoms with Crippen LogP contribution in [0.1, 0.15) is 31.4 Å². The maximum absolute atomic E-state index is 13.1. The van der Waals surface area contributed by atoms with Gasteiger partial charge < -0.3 is 9.47 Å². The molecular weight excluding hydrogens is 454 g/mol. The SMILES string of the molecule is CCC(C)OCCOc1ccnc(-c2nc3cc(C(F)(F)F)ccc3n2S(C)=O)c1C.[Na]. The number of benzene rings is 1. The van der Waals surface area contributed by atoms with E-state index in [4.69, 9.17) is 9.47 Å². The average Bonchev–Trinajstić information content (AvgIpc) is 3.10. The monoisotopic (exact) mass is 478 g/mol. The van der Waals surface area contributed by atoms with E-state index in [1.54, 1.807) is 13.0 Å². The number of ether oxygens (including phenoxy) is 2. The summed E-state index contributed by atoms with van der Waals surface area (Å²) in [4.78, 5) is 8.68. The molecule has 6 nitrogen and oxygen atoms in total. The van der Waals surface area contributed by atoms with E-state index in [0.29, 0.717) is 35.7 Å². The van der Waals surface area contributed by atoms with Gasteiger partial charge in [-0.05, 0) is 44.5 Å². The molecule has 169 valence electrons. The summed E-state index contributed by atoms with van der Waals surface area (Å²) in [7, 11) is -1.57. The van der Waals surface area contributed by atoms with Gasteiger partial charge in [-0.1, -0.05) is 6.92 Å². The van der Waals surface area contributed by atoms with Gasteiger partial charge in [0.25, 0.3) is 0 Å². The fraction of sp³-hybridized carbons (Fsp3) is 0.429. The van der Waals surface area contributed by atoms with Gasteiger partial charge in [-0.15, -0.1) is 0 Å². The summed E-state index contributed by atoms with van der Waals surface area (Å²) < 4.78 is 64.5. The van der Waals surface area contributed by atoms with Crippen LogP contribution >= 0.6 is 0 Å². The molecule has 0 bridgehead atoms. The van der Waals surface area contributed by atoms with E-state index in [1.807, 2.05) is 13.8 Å². The molecule has 0 fully saturated rings. The molecule has 2 aromatic heterocycles. The van der Waals surface area contributed by atoms with Crippen molar-refractivity contribution in [1.82, 2.24) is 13.9 Å². The van der Waals surface area contributed by atoms with Crippen molar-refractivity contribution in [3.05, 3.63) is 41.6 Å². The standard InChI is InChI=1S/C21H24F3N3O3S.Na/c1-5-13(2)29-10-11-30-18-8-9-25-19(14(18)3)20-26-16-12-15(21(22,23)24)6-7-17(16)27(20)31(4)28;/h6-9,12-13H,5,10-11H2,1-4H3;. The van der Waals surface area contributed by atoms with Gasteiger partial charge in [0.15, 0.2) is 5.82 Å². The Morgan fingerprint density at radius 1 is 1.22 bits per heavy atom. The van der Waals surface area contributed by atoms with Gasteiger partial charge >= 0.3 is 6.18 Å². The van der Waals surface area contributed by atoms with Gasteiger partial charge in [-0.3, -0.25) is 4.98 Å². The van der Waals surface area contributed by atoms with Crippen molar-refractivity contribution in [2.75, 3.05) is 19.5 Å². The maximum atomic E-state index is 13.1. The average molecular weight is 478 g/mol. The fourth-order valence-corrected chi connectivity index (χ4v) is 3.86. The first-order chi connectivity index (χ1) is 14.6. The molecule has 2 unspecified atom stereocenters. The number of halogens is 3. The summed E-state index contributed by atoms with van der Waals surface area (Å²) in [6.45, 7) is 6.54. The minimum absolute atomic E-state index is 0. The van der Waals surface area contributed by atoms with Crippen LogP contribution in [0.2, 0.25) is 0 Å². The molecular formula is C21H24F3N3NaO3S. The zero-order valence-corrected chi connectivity index (χ0v) is 21.5. The first kappa shape index (κ1) is 26.8. The molecule has 1 radical (unpaired) electrons. The Bertz CT molecular complexity index is 1110. The van der Waals surface area contributed by atoms with Crippen molar-refractivity contribution < 1.29 is 26.9 Å². The smallest absolute Gasteiger partial charge is 0.416 e. The first-order valence-corrected chi connectivity index (χ1v) is 11.3. The van der Waals surface area contributed by atoms with E-state index in [1.165, 1.54) is 22.5 Å². The Morgan fingerprint density at radius 2 is 1.94 bits per heavy atom. The Balaban J connectivity index is 0.00000363. The fourth-order valence-electron chi connectivity index (χ4n) is 3.06. The second kappa shape index (κ2) is 11.1. The van der Waals surface area contributed by atoms with Crippen LogP contribution in [0, 0.1) is 6.92 Å². The van der Waals surface area contributed by atoms with Gasteiger partial charge in [0.05, 0.1) is 29.3 Å². The molecule has 0 amide bonds. The van der Waals surface area contributed by atoms with Crippen molar-refractivity contribution in [2.45, 2.75) is 39.5 Å². The molecule has 2 heterocycles. The molecule has 3 aromatic rings. The molecule has 0 saturated carbocycles. The van der Waals surface area contributed by atoms with E-state index >= 15 is 0 Å². The quantitative estimate of drug-likeness (QED) is 0.355. The zero-order valence-electron chi connectivity index (χ0n) is 18.7. The van der Waals surface area contributed by atoms with Crippen molar-refractivity contribution in [3.63, 3.8) is 0 Å². The summed E-state index contributed by atoms with van der Waals surface area (Å²) in [5.41, 5.74) is 0.637. The minimum Gasteiger partial charge on any atom is -0.491 e. The summed E-state index contributed by atoms with van der Waals surface area (Å²) >= 11 is 0. The van der Waals surface area contributed by atoms with Gasteiger partial charge in [0.2, 0.25) is 0 Å². The Hall–Kier alpha value is -1.46. The number of rotatable bonds is 8. The number of pyridine rings is 1. The Labute approximate surface area is 209 Å². The third kappa shape index (κ3) is 5.91. The topological polar surface area (TPSA) is 66.2 Å². The van der Waals surface area contributed by atoms with E-state index < -0.39 is 22.7 Å². The van der Waals surface area contributed by atoms with Crippen LogP contribution < -0.4 is 4.74 Å². The van der Waals surface area contributed by atoms with Crippen LogP contribution in [0.3, 0.4) is 0 Å². The van der Waals surface area contributed by atoms with Gasteiger partial charge in [-0.2, -0.15) is 13.2 Å². The van der Waals surface area contributed by atoms with Crippen LogP contribution in [0.5, 0.6) is 5.75 Å². The first-order valence-electron chi connectivity index (χ1n) is 9.77. The van der Waals surface area contributed by atoms with Gasteiger partial charge in [0.1, 0.15) is 29.0 Å². The van der Waals surface area contributed by atoms with E-state index in [-0.39, 0.29) is 47.0 Å². The zero-order chi connectivity index (χ0) is 22.8. The number of fused-ring (bicyclic) bond motifs is 1. The molecule has 2 atom stereocenters. The number of imidazole rings is 1. The maximum Gasteiger partial charge on any atom is 0.416 e. The normalized spacial score (nSPS) is 13.6. The van der Waals surface area contributed by atoms with E-state index in [0.717, 1.165) is 18.6 Å². The number of hydrogen-bond acceptors (Lipinski definition) is 5. The largest absolute Gasteiger partial charge is 0.491 e. The molecule has 11 heteroatoms. The molecule has 0 aliphatic carbocycles. The molecule has 1 aromatic carbocycles.